The van der Waals surface area contributed by atoms with E-state index in [1.807, 2.05) is 0 Å². The van der Waals surface area contributed by atoms with Gasteiger partial charge in [-0.2, -0.15) is 13.2 Å². The highest BCUT2D eigenvalue weighted by Gasteiger charge is 2.38. The predicted molar refractivity (Wildman–Crippen MR) is 65.2 cm³/mol. The number of hydrogen-bond donors (Lipinski definition) is 0. The third-order valence-corrected chi connectivity index (χ3v) is 3.54. The van der Waals surface area contributed by atoms with Gasteiger partial charge in [0.05, 0.1) is 11.4 Å². The van der Waals surface area contributed by atoms with Gasteiger partial charge in [0.1, 0.15) is 6.61 Å². The Morgan fingerprint density at radius 3 is 2.85 bits per heavy atom. The number of alkyl halides is 3. The summed E-state index contributed by atoms with van der Waals surface area (Å²) in [7, 11) is 0. The lowest BCUT2D eigenvalue weighted by atomic mass is 9.98. The molecule has 0 aliphatic heterocycles. The number of hydrogen-bond acceptors (Lipinski definition) is 5. The summed E-state index contributed by atoms with van der Waals surface area (Å²) in [5.41, 5.74) is 0.706. The van der Waals surface area contributed by atoms with Crippen LogP contribution < -0.4 is 0 Å². The second-order valence-corrected chi connectivity index (χ2v) is 4.72. The van der Waals surface area contributed by atoms with Gasteiger partial charge in [-0.05, 0) is 11.6 Å². The van der Waals surface area contributed by atoms with Gasteiger partial charge in [-0.25, -0.2) is 4.98 Å². The molecule has 0 amide bonds. The minimum atomic E-state index is -4.54. The van der Waals surface area contributed by atoms with Crippen molar-refractivity contribution in [3.63, 3.8) is 0 Å². The van der Waals surface area contributed by atoms with Crippen LogP contribution in [-0.4, -0.2) is 23.0 Å². The van der Waals surface area contributed by atoms with Gasteiger partial charge in [0.15, 0.2) is 5.69 Å². The molecule has 2 heterocycles. The zero-order valence-corrected chi connectivity index (χ0v) is 10.8. The van der Waals surface area contributed by atoms with Crippen LogP contribution in [0.5, 0.6) is 0 Å². The lowest BCUT2D eigenvalue weighted by Gasteiger charge is -2.16. The molecule has 0 aliphatic rings. The molecule has 8 heteroatoms. The molecule has 1 atom stereocenters. The molecule has 0 bridgehead atoms. The Kier molecular flexibility index (Phi) is 4.33. The molecule has 2 aromatic heterocycles. The average molecular weight is 302 g/mol. The van der Waals surface area contributed by atoms with Crippen molar-refractivity contribution < 1.29 is 22.7 Å². The van der Waals surface area contributed by atoms with Crippen LogP contribution in [0.2, 0.25) is 0 Å². The molecule has 106 valence electrons. The number of nitrogens with zero attached hydrogens (tertiary/aromatic N) is 2. The number of thiazole rings is 1. The highest BCUT2D eigenvalue weighted by Crippen LogP contribution is 2.38. The van der Waals surface area contributed by atoms with Crippen molar-refractivity contribution in [2.45, 2.75) is 12.1 Å². The molecule has 20 heavy (non-hydrogen) atoms. The molecule has 2 rings (SSSR count). The highest BCUT2D eigenvalue weighted by molar-refractivity contribution is 7.09. The van der Waals surface area contributed by atoms with Gasteiger partial charge in [-0.1, -0.05) is 6.07 Å². The second kappa shape index (κ2) is 6.00. The van der Waals surface area contributed by atoms with Crippen LogP contribution in [0.1, 0.15) is 22.1 Å². The molecule has 0 aliphatic carbocycles. The monoisotopic (exact) mass is 302 g/mol. The highest BCUT2D eigenvalue weighted by atomic mass is 32.1. The van der Waals surface area contributed by atoms with Crippen LogP contribution >= 0.6 is 11.3 Å². The van der Waals surface area contributed by atoms with Gasteiger partial charge in [-0.3, -0.25) is 9.78 Å². The van der Waals surface area contributed by atoms with Gasteiger partial charge in [0.25, 0.3) is 6.47 Å². The molecule has 4 nitrogen and oxygen atoms in total. The molecule has 0 aromatic carbocycles. The van der Waals surface area contributed by atoms with Crippen molar-refractivity contribution in [2.24, 2.45) is 0 Å². The van der Waals surface area contributed by atoms with Gasteiger partial charge < -0.3 is 4.74 Å². The van der Waals surface area contributed by atoms with E-state index < -0.39 is 17.8 Å². The minimum Gasteiger partial charge on any atom is -0.467 e. The second-order valence-electron chi connectivity index (χ2n) is 3.83. The molecular formula is C12H9F3N2O2S. The maximum atomic E-state index is 12.9. The molecule has 0 N–H and O–H groups in total. The number of halogens is 3. The number of carbonyl (C=O) groups excluding carboxylic acids is 1. The SMILES string of the molecule is O=COCC(c1cccnc1)c1scnc1C(F)(F)F. The third kappa shape index (κ3) is 3.13. The van der Waals surface area contributed by atoms with Crippen LogP contribution in [0.3, 0.4) is 0 Å². The smallest absolute Gasteiger partial charge is 0.434 e. The Morgan fingerprint density at radius 1 is 1.45 bits per heavy atom. The van der Waals surface area contributed by atoms with Gasteiger partial charge >= 0.3 is 6.18 Å². The van der Waals surface area contributed by atoms with Crippen LogP contribution in [0.4, 0.5) is 13.2 Å². The zero-order valence-electron chi connectivity index (χ0n) is 10.0. The first-order chi connectivity index (χ1) is 9.54. The summed E-state index contributed by atoms with van der Waals surface area (Å²) in [5.74, 6) is -0.738. The normalized spacial score (nSPS) is 12.9. The van der Waals surface area contributed by atoms with E-state index in [2.05, 4.69) is 14.7 Å². The molecule has 1 unspecified atom stereocenters. The first kappa shape index (κ1) is 14.4. The minimum absolute atomic E-state index is 0.00681. The zero-order chi connectivity index (χ0) is 14.6. The number of rotatable bonds is 5. The third-order valence-electron chi connectivity index (χ3n) is 2.60. The van der Waals surface area contributed by atoms with Crippen LogP contribution in [-0.2, 0) is 15.7 Å². The Labute approximate surface area is 116 Å². The van der Waals surface area contributed by atoms with Crippen molar-refractivity contribution in [2.75, 3.05) is 6.61 Å². The summed E-state index contributed by atoms with van der Waals surface area (Å²) in [6, 6.07) is 3.24. The first-order valence-electron chi connectivity index (χ1n) is 5.49. The van der Waals surface area contributed by atoms with E-state index in [9.17, 15) is 18.0 Å². The molecular weight excluding hydrogens is 293 g/mol. The summed E-state index contributed by atoms with van der Waals surface area (Å²) in [5, 5.41) is 0. The maximum absolute atomic E-state index is 12.9. The van der Waals surface area contributed by atoms with Crippen molar-refractivity contribution >= 4 is 17.8 Å². The van der Waals surface area contributed by atoms with E-state index in [1.54, 1.807) is 12.1 Å². The molecule has 0 fully saturated rings. The van der Waals surface area contributed by atoms with Crippen molar-refractivity contribution in [3.05, 3.63) is 46.2 Å². The molecule has 0 saturated heterocycles. The number of carbonyl (C=O) groups is 1. The topological polar surface area (TPSA) is 52.1 Å². The Balaban J connectivity index is 2.42. The summed E-state index contributed by atoms with van der Waals surface area (Å²) in [6.45, 7) is 0.0120. The van der Waals surface area contributed by atoms with Crippen molar-refractivity contribution in [1.29, 1.82) is 0 Å². The quantitative estimate of drug-likeness (QED) is 0.797. The van der Waals surface area contributed by atoms with Crippen LogP contribution in [0.25, 0.3) is 0 Å². The lowest BCUT2D eigenvalue weighted by Crippen LogP contribution is -2.15. The molecule has 0 spiro atoms. The van der Waals surface area contributed by atoms with E-state index in [4.69, 9.17) is 0 Å². The van der Waals surface area contributed by atoms with Crippen molar-refractivity contribution in [3.8, 4) is 0 Å². The molecule has 0 radical (unpaired) electrons. The van der Waals surface area contributed by atoms with E-state index in [1.165, 1.54) is 12.4 Å². The standard InChI is InChI=1S/C12H9F3N2O2S/c13-12(14,15)11-10(20-6-17-11)9(5-19-7-18)8-2-1-3-16-4-8/h1-4,6-7,9H,5H2. The van der Waals surface area contributed by atoms with Crippen LogP contribution in [0, 0.1) is 0 Å². The number of pyridine rings is 1. The van der Waals surface area contributed by atoms with Gasteiger partial charge in [0, 0.05) is 17.3 Å². The summed E-state index contributed by atoms with van der Waals surface area (Å²) < 4.78 is 43.3. The fraction of sp³-hybridized carbons (Fsp3) is 0.250. The predicted octanol–water partition coefficient (Wildman–Crippen LogP) is 2.86. The number of ether oxygens (including phenoxy) is 1. The Hall–Kier alpha value is -1.96. The van der Waals surface area contributed by atoms with E-state index in [0.717, 1.165) is 16.8 Å². The van der Waals surface area contributed by atoms with E-state index in [-0.39, 0.29) is 18.0 Å². The summed E-state index contributed by atoms with van der Waals surface area (Å²) >= 11 is 0.875. The summed E-state index contributed by atoms with van der Waals surface area (Å²) in [4.78, 5) is 17.6. The average Bonchev–Trinajstić information content (AvgIpc) is 2.90. The first-order valence-corrected chi connectivity index (χ1v) is 6.37. The number of aromatic nitrogens is 2. The van der Waals surface area contributed by atoms with Gasteiger partial charge in [-0.15, -0.1) is 11.3 Å². The largest absolute Gasteiger partial charge is 0.467 e. The van der Waals surface area contributed by atoms with Gasteiger partial charge in [0.2, 0.25) is 0 Å². The lowest BCUT2D eigenvalue weighted by molar-refractivity contribution is -0.141. The van der Waals surface area contributed by atoms with Crippen LogP contribution in [0.15, 0.2) is 30.0 Å². The van der Waals surface area contributed by atoms with E-state index >= 15 is 0 Å². The Morgan fingerprint density at radius 2 is 2.25 bits per heavy atom. The molecule has 0 saturated carbocycles. The van der Waals surface area contributed by atoms with E-state index in [0.29, 0.717) is 5.56 Å². The fourth-order valence-electron chi connectivity index (χ4n) is 1.76. The fourth-order valence-corrected chi connectivity index (χ4v) is 2.68. The maximum Gasteiger partial charge on any atom is 0.434 e. The summed E-state index contributed by atoms with van der Waals surface area (Å²) in [6.07, 6.45) is -1.59. The Bertz CT molecular complexity index is 572. The molecule has 2 aromatic rings. The van der Waals surface area contributed by atoms with Crippen molar-refractivity contribution in [1.82, 2.24) is 9.97 Å².